The number of nitrogens with zero attached hydrogens (tertiary/aromatic N) is 3. The van der Waals surface area contributed by atoms with Crippen LogP contribution in [-0.2, 0) is 4.74 Å². The van der Waals surface area contributed by atoms with E-state index in [1.165, 1.54) is 0 Å². The van der Waals surface area contributed by atoms with Crippen LogP contribution in [0.1, 0.15) is 13.3 Å². The van der Waals surface area contributed by atoms with Crippen molar-refractivity contribution >= 4 is 23.5 Å². The summed E-state index contributed by atoms with van der Waals surface area (Å²) in [4.78, 5) is 12.1. The number of ether oxygens (including phenoxy) is 1. The Balaban J connectivity index is 2.51. The highest BCUT2D eigenvalue weighted by Crippen LogP contribution is 2.08. The number of methoxy groups -OCH3 is 1. The SMILES string of the molecule is CCNc1nc(Cl)nc(NCCCOC)n1. The first-order valence-corrected chi connectivity index (χ1v) is 5.52. The zero-order valence-corrected chi connectivity index (χ0v) is 10.2. The molecular formula is C9H16ClN5O. The van der Waals surface area contributed by atoms with Crippen molar-refractivity contribution in [1.29, 1.82) is 0 Å². The number of anilines is 2. The minimum absolute atomic E-state index is 0.181. The number of nitrogens with one attached hydrogen (secondary N) is 2. The molecule has 0 saturated heterocycles. The number of hydrogen-bond donors (Lipinski definition) is 2. The van der Waals surface area contributed by atoms with Gasteiger partial charge in [-0.15, -0.1) is 0 Å². The monoisotopic (exact) mass is 245 g/mol. The molecule has 0 aliphatic rings. The molecule has 2 N–H and O–H groups in total. The van der Waals surface area contributed by atoms with Gasteiger partial charge >= 0.3 is 0 Å². The van der Waals surface area contributed by atoms with Gasteiger partial charge in [0.05, 0.1) is 0 Å². The maximum Gasteiger partial charge on any atom is 0.228 e. The molecule has 0 atom stereocenters. The van der Waals surface area contributed by atoms with Crippen molar-refractivity contribution in [3.63, 3.8) is 0 Å². The van der Waals surface area contributed by atoms with Crippen molar-refractivity contribution in [1.82, 2.24) is 15.0 Å². The van der Waals surface area contributed by atoms with E-state index in [1.54, 1.807) is 7.11 Å². The van der Waals surface area contributed by atoms with Crippen LogP contribution in [0.4, 0.5) is 11.9 Å². The Labute approximate surface area is 99.8 Å². The highest BCUT2D eigenvalue weighted by atomic mass is 35.5. The predicted molar refractivity (Wildman–Crippen MR) is 64.0 cm³/mol. The van der Waals surface area contributed by atoms with Crippen LogP contribution in [0, 0.1) is 0 Å². The van der Waals surface area contributed by atoms with Gasteiger partial charge in [0, 0.05) is 26.8 Å². The van der Waals surface area contributed by atoms with E-state index in [9.17, 15) is 0 Å². The molecule has 0 aliphatic carbocycles. The summed E-state index contributed by atoms with van der Waals surface area (Å²) in [7, 11) is 1.67. The molecule has 0 spiro atoms. The average Bonchev–Trinajstić information content (AvgIpc) is 2.24. The molecule has 0 saturated carbocycles. The van der Waals surface area contributed by atoms with E-state index in [0.29, 0.717) is 18.5 Å². The summed E-state index contributed by atoms with van der Waals surface area (Å²) in [5.41, 5.74) is 0. The lowest BCUT2D eigenvalue weighted by Crippen LogP contribution is -2.11. The molecule has 1 aromatic heterocycles. The van der Waals surface area contributed by atoms with Gasteiger partial charge in [0.15, 0.2) is 0 Å². The van der Waals surface area contributed by atoms with E-state index in [-0.39, 0.29) is 5.28 Å². The van der Waals surface area contributed by atoms with Crippen molar-refractivity contribution in [2.45, 2.75) is 13.3 Å². The molecule has 0 bridgehead atoms. The van der Waals surface area contributed by atoms with Gasteiger partial charge in [-0.2, -0.15) is 15.0 Å². The van der Waals surface area contributed by atoms with Crippen molar-refractivity contribution in [2.24, 2.45) is 0 Å². The van der Waals surface area contributed by atoms with Gasteiger partial charge in [-0.25, -0.2) is 0 Å². The topological polar surface area (TPSA) is 72.0 Å². The molecule has 1 heterocycles. The van der Waals surface area contributed by atoms with Crippen molar-refractivity contribution in [3.8, 4) is 0 Å². The van der Waals surface area contributed by atoms with Gasteiger partial charge in [-0.1, -0.05) is 0 Å². The normalized spacial score (nSPS) is 10.2. The molecule has 0 fully saturated rings. The number of rotatable bonds is 7. The molecule has 6 nitrogen and oxygen atoms in total. The van der Waals surface area contributed by atoms with Gasteiger partial charge in [-0.05, 0) is 24.9 Å². The first-order valence-electron chi connectivity index (χ1n) is 5.14. The first-order chi connectivity index (χ1) is 7.76. The van der Waals surface area contributed by atoms with Crippen LogP contribution in [-0.4, -0.2) is 41.8 Å². The second-order valence-corrected chi connectivity index (χ2v) is 3.39. The highest BCUT2D eigenvalue weighted by molar-refractivity contribution is 6.28. The van der Waals surface area contributed by atoms with Crippen LogP contribution in [0.2, 0.25) is 5.28 Å². The molecule has 1 rings (SSSR count). The smallest absolute Gasteiger partial charge is 0.228 e. The number of aromatic nitrogens is 3. The number of halogens is 1. The Morgan fingerprint density at radius 2 is 1.88 bits per heavy atom. The second kappa shape index (κ2) is 7.19. The van der Waals surface area contributed by atoms with E-state index in [0.717, 1.165) is 19.5 Å². The zero-order chi connectivity index (χ0) is 11.8. The fourth-order valence-electron chi connectivity index (χ4n) is 1.08. The maximum absolute atomic E-state index is 5.76. The molecule has 7 heteroatoms. The minimum atomic E-state index is 0.181. The summed E-state index contributed by atoms with van der Waals surface area (Å²) in [6.07, 6.45) is 0.885. The van der Waals surface area contributed by atoms with Crippen LogP contribution in [0.3, 0.4) is 0 Å². The maximum atomic E-state index is 5.76. The summed E-state index contributed by atoms with van der Waals surface area (Å²) in [5.74, 6) is 0.962. The summed E-state index contributed by atoms with van der Waals surface area (Å²) >= 11 is 5.76. The van der Waals surface area contributed by atoms with Gasteiger partial charge < -0.3 is 15.4 Å². The van der Waals surface area contributed by atoms with Crippen LogP contribution < -0.4 is 10.6 Å². The van der Waals surface area contributed by atoms with Gasteiger partial charge in [0.25, 0.3) is 0 Å². The van der Waals surface area contributed by atoms with Crippen molar-refractivity contribution < 1.29 is 4.74 Å². The van der Waals surface area contributed by atoms with Gasteiger partial charge in [-0.3, -0.25) is 0 Å². The van der Waals surface area contributed by atoms with Crippen LogP contribution in [0.25, 0.3) is 0 Å². The molecule has 0 aromatic carbocycles. The molecule has 0 aliphatic heterocycles. The lowest BCUT2D eigenvalue weighted by molar-refractivity contribution is 0.197. The Hall–Kier alpha value is -1.14. The predicted octanol–water partition coefficient (Wildman–Crippen LogP) is 1.41. The highest BCUT2D eigenvalue weighted by Gasteiger charge is 2.03. The molecule has 0 radical (unpaired) electrons. The largest absolute Gasteiger partial charge is 0.385 e. The Kier molecular flexibility index (Phi) is 5.81. The third-order valence-corrected chi connectivity index (χ3v) is 1.92. The van der Waals surface area contributed by atoms with Crippen molar-refractivity contribution in [2.75, 3.05) is 37.4 Å². The Bertz CT molecular complexity index is 323. The molecule has 0 unspecified atom stereocenters. The molecule has 90 valence electrons. The Morgan fingerprint density at radius 1 is 1.19 bits per heavy atom. The average molecular weight is 246 g/mol. The summed E-state index contributed by atoms with van der Waals surface area (Å²) in [6, 6.07) is 0. The van der Waals surface area contributed by atoms with E-state index in [1.807, 2.05) is 6.92 Å². The number of hydrogen-bond acceptors (Lipinski definition) is 6. The van der Waals surface area contributed by atoms with Gasteiger partial charge in [0.2, 0.25) is 17.2 Å². The van der Waals surface area contributed by atoms with E-state index in [4.69, 9.17) is 16.3 Å². The minimum Gasteiger partial charge on any atom is -0.385 e. The lowest BCUT2D eigenvalue weighted by atomic mass is 10.4. The first kappa shape index (κ1) is 12.9. The second-order valence-electron chi connectivity index (χ2n) is 3.06. The third kappa shape index (κ3) is 4.59. The quantitative estimate of drug-likeness (QED) is 0.708. The van der Waals surface area contributed by atoms with Crippen LogP contribution >= 0.6 is 11.6 Å². The molecule has 1 aromatic rings. The summed E-state index contributed by atoms with van der Waals surface area (Å²) < 4.78 is 4.93. The van der Waals surface area contributed by atoms with E-state index in [2.05, 4.69) is 25.6 Å². The van der Waals surface area contributed by atoms with E-state index >= 15 is 0 Å². The third-order valence-electron chi connectivity index (χ3n) is 1.75. The fraction of sp³-hybridized carbons (Fsp3) is 0.667. The standard InChI is InChI=1S/C9H16ClN5O/c1-3-11-8-13-7(10)14-9(15-8)12-5-4-6-16-2/h3-6H2,1-2H3,(H2,11,12,13,14,15). The summed E-state index contributed by atoms with van der Waals surface area (Å²) in [5, 5.41) is 6.21. The fourth-order valence-corrected chi connectivity index (χ4v) is 1.24. The molecule has 16 heavy (non-hydrogen) atoms. The Morgan fingerprint density at radius 3 is 2.50 bits per heavy atom. The zero-order valence-electron chi connectivity index (χ0n) is 9.46. The van der Waals surface area contributed by atoms with E-state index < -0.39 is 0 Å². The molecular weight excluding hydrogens is 230 g/mol. The molecule has 0 amide bonds. The van der Waals surface area contributed by atoms with Crippen LogP contribution in [0.5, 0.6) is 0 Å². The van der Waals surface area contributed by atoms with Gasteiger partial charge in [0.1, 0.15) is 0 Å². The van der Waals surface area contributed by atoms with Crippen molar-refractivity contribution in [3.05, 3.63) is 5.28 Å². The lowest BCUT2D eigenvalue weighted by Gasteiger charge is -2.06. The summed E-state index contributed by atoms with van der Waals surface area (Å²) in [6.45, 7) is 4.14. The van der Waals surface area contributed by atoms with Crippen LogP contribution in [0.15, 0.2) is 0 Å².